The van der Waals surface area contributed by atoms with E-state index in [0.717, 1.165) is 16.8 Å². The minimum Gasteiger partial charge on any atom is -0.390 e. The van der Waals surface area contributed by atoms with Crippen molar-refractivity contribution in [2.75, 3.05) is 19.7 Å². The predicted molar refractivity (Wildman–Crippen MR) is 116 cm³/mol. The van der Waals surface area contributed by atoms with Gasteiger partial charge in [-0.1, -0.05) is 29.4 Å². The third-order valence-electron chi connectivity index (χ3n) is 4.85. The minimum absolute atomic E-state index is 0.200. The number of nitrogens with zero attached hydrogens (tertiary/aromatic N) is 2. The first-order valence-corrected chi connectivity index (χ1v) is 10.5. The van der Waals surface area contributed by atoms with E-state index in [1.165, 1.54) is 24.3 Å². The van der Waals surface area contributed by atoms with Gasteiger partial charge in [0.15, 0.2) is 0 Å². The number of aliphatic hydroxyl groups is 1. The molecule has 0 aliphatic carbocycles. The maximum Gasteiger partial charge on any atom is 0.145 e. The Morgan fingerprint density at radius 2 is 1.90 bits per heavy atom. The van der Waals surface area contributed by atoms with Crippen LogP contribution < -0.4 is 0 Å². The van der Waals surface area contributed by atoms with Gasteiger partial charge in [0, 0.05) is 26.1 Å². The molecule has 31 heavy (non-hydrogen) atoms. The normalized spacial score (nSPS) is 17.5. The number of benzene rings is 2. The van der Waals surface area contributed by atoms with Crippen LogP contribution in [0.4, 0.5) is 8.78 Å². The summed E-state index contributed by atoms with van der Waals surface area (Å²) in [6.07, 6.45) is -0.351. The number of aliphatic hydroxyl groups excluding tert-OH is 1. The maximum atomic E-state index is 13.6. The minimum atomic E-state index is -0.702. The van der Waals surface area contributed by atoms with Gasteiger partial charge in [-0.15, -0.1) is 0 Å². The van der Waals surface area contributed by atoms with Crippen molar-refractivity contribution in [3.05, 3.63) is 71.3 Å². The number of hydrogen-bond donors (Lipinski definition) is 1. The molecular weight excluding hydrogens is 402 g/mol. The van der Waals surface area contributed by atoms with Crippen LogP contribution >= 0.6 is 0 Å². The molecule has 0 bridgehead atoms. The van der Waals surface area contributed by atoms with Crippen molar-refractivity contribution in [2.45, 2.75) is 51.5 Å². The Hall–Kier alpha value is -2.35. The summed E-state index contributed by atoms with van der Waals surface area (Å²) in [5.74, 6) is -0.597. The van der Waals surface area contributed by atoms with Gasteiger partial charge in [0.2, 0.25) is 0 Å². The van der Waals surface area contributed by atoms with Crippen molar-refractivity contribution in [1.29, 1.82) is 0 Å². The highest BCUT2D eigenvalue weighted by Gasteiger charge is 2.26. The summed E-state index contributed by atoms with van der Waals surface area (Å²) in [6.45, 7) is 7.30. The molecule has 1 aliphatic rings. The molecule has 1 aliphatic heterocycles. The molecule has 5 nitrogen and oxygen atoms in total. The van der Waals surface area contributed by atoms with Gasteiger partial charge in [0.05, 0.1) is 24.0 Å². The Kier molecular flexibility index (Phi) is 7.75. The van der Waals surface area contributed by atoms with Crippen LogP contribution in [0.3, 0.4) is 0 Å². The number of oxime groups is 1. The summed E-state index contributed by atoms with van der Waals surface area (Å²) in [7, 11) is 0. The fraction of sp³-hybridized carbons (Fsp3) is 0.458. The van der Waals surface area contributed by atoms with Gasteiger partial charge in [-0.2, -0.15) is 0 Å². The first kappa shape index (κ1) is 23.3. The topological polar surface area (TPSA) is 54.3 Å². The van der Waals surface area contributed by atoms with E-state index in [2.05, 4.69) is 5.16 Å². The van der Waals surface area contributed by atoms with Gasteiger partial charge in [-0.25, -0.2) is 8.78 Å². The molecular formula is C24H30F2N2O3. The first-order valence-electron chi connectivity index (χ1n) is 10.5. The van der Waals surface area contributed by atoms with Crippen molar-refractivity contribution in [2.24, 2.45) is 5.16 Å². The molecule has 1 N–H and O–H groups in total. The summed E-state index contributed by atoms with van der Waals surface area (Å²) in [4.78, 5) is 7.62. The van der Waals surface area contributed by atoms with E-state index in [1.807, 2.05) is 31.7 Å². The van der Waals surface area contributed by atoms with Crippen LogP contribution in [-0.2, 0) is 16.1 Å². The number of hydrogen-bond acceptors (Lipinski definition) is 5. The van der Waals surface area contributed by atoms with E-state index in [1.54, 1.807) is 18.2 Å². The van der Waals surface area contributed by atoms with Crippen LogP contribution in [0.25, 0.3) is 0 Å². The molecule has 7 heteroatoms. The summed E-state index contributed by atoms with van der Waals surface area (Å²) < 4.78 is 32.5. The Balaban J connectivity index is 1.62. The second-order valence-corrected chi connectivity index (χ2v) is 8.88. The molecule has 0 aromatic heterocycles. The molecule has 168 valence electrons. The number of halogens is 2. The van der Waals surface area contributed by atoms with E-state index in [0.29, 0.717) is 26.1 Å². The lowest BCUT2D eigenvalue weighted by Crippen LogP contribution is -2.40. The molecule has 0 saturated heterocycles. The molecule has 2 aromatic rings. The van der Waals surface area contributed by atoms with E-state index >= 15 is 0 Å². The zero-order chi connectivity index (χ0) is 22.4. The monoisotopic (exact) mass is 432 g/mol. The maximum absolute atomic E-state index is 13.6. The van der Waals surface area contributed by atoms with E-state index in [4.69, 9.17) is 9.57 Å². The van der Waals surface area contributed by atoms with Crippen LogP contribution in [0.5, 0.6) is 0 Å². The molecule has 2 aromatic carbocycles. The van der Waals surface area contributed by atoms with Crippen molar-refractivity contribution in [3.63, 3.8) is 0 Å². The third-order valence-corrected chi connectivity index (χ3v) is 4.85. The van der Waals surface area contributed by atoms with Gasteiger partial charge in [0.25, 0.3) is 0 Å². The Bertz CT molecular complexity index is 881. The molecule has 0 radical (unpaired) electrons. The van der Waals surface area contributed by atoms with Crippen molar-refractivity contribution >= 4 is 5.71 Å². The summed E-state index contributed by atoms with van der Waals surface area (Å²) >= 11 is 0. The first-order chi connectivity index (χ1) is 14.7. The molecule has 0 unspecified atom stereocenters. The van der Waals surface area contributed by atoms with Gasteiger partial charge >= 0.3 is 0 Å². The highest BCUT2D eigenvalue weighted by Crippen LogP contribution is 2.19. The lowest BCUT2D eigenvalue weighted by atomic mass is 10.0. The lowest BCUT2D eigenvalue weighted by molar-refractivity contribution is -0.0600. The lowest BCUT2D eigenvalue weighted by Gasteiger charge is -2.28. The van der Waals surface area contributed by atoms with Crippen LogP contribution in [0, 0.1) is 11.6 Å². The summed E-state index contributed by atoms with van der Waals surface area (Å²) in [6, 6.07) is 12.6. The summed E-state index contributed by atoms with van der Waals surface area (Å²) in [5, 5.41) is 14.7. The fourth-order valence-electron chi connectivity index (χ4n) is 3.42. The van der Waals surface area contributed by atoms with Crippen molar-refractivity contribution in [1.82, 2.24) is 4.90 Å². The molecule has 3 rings (SSSR count). The largest absolute Gasteiger partial charge is 0.390 e. The van der Waals surface area contributed by atoms with Crippen LogP contribution in [0.2, 0.25) is 0 Å². The second-order valence-electron chi connectivity index (χ2n) is 8.88. The fourth-order valence-corrected chi connectivity index (χ4v) is 3.42. The smallest absolute Gasteiger partial charge is 0.145 e. The number of rotatable bonds is 9. The molecule has 0 amide bonds. The quantitative estimate of drug-likeness (QED) is 0.647. The molecule has 1 heterocycles. The van der Waals surface area contributed by atoms with Gasteiger partial charge in [-0.3, -0.25) is 4.90 Å². The Morgan fingerprint density at radius 3 is 2.58 bits per heavy atom. The van der Waals surface area contributed by atoms with Crippen LogP contribution in [-0.4, -0.2) is 53.2 Å². The molecule has 0 saturated carbocycles. The average Bonchev–Trinajstić information content (AvgIpc) is 3.15. The Morgan fingerprint density at radius 1 is 1.16 bits per heavy atom. The average molecular weight is 433 g/mol. The SMILES string of the molecule is CC(C)(C)OC[C@H](O)CN(Cc1cccc(F)c1)C[C@H]1CC(c2ccc(F)cc2)=NO1. The van der Waals surface area contributed by atoms with Gasteiger partial charge in [0.1, 0.15) is 17.7 Å². The summed E-state index contributed by atoms with van der Waals surface area (Å²) in [5.41, 5.74) is 2.04. The third kappa shape index (κ3) is 7.69. The predicted octanol–water partition coefficient (Wildman–Crippen LogP) is 4.14. The standard InChI is InChI=1S/C24H30F2N2O3/c1-24(2,3)30-16-21(29)14-28(13-17-5-4-6-20(26)11-17)15-22-12-23(27-31-22)18-7-9-19(25)10-8-18/h4-11,21-22,29H,12-16H2,1-3H3/t21-,22-/m1/s1. The second kappa shape index (κ2) is 10.3. The number of ether oxygens (including phenoxy) is 1. The van der Waals surface area contributed by atoms with Gasteiger partial charge in [-0.05, 0) is 56.2 Å². The molecule has 0 spiro atoms. The van der Waals surface area contributed by atoms with Crippen molar-refractivity contribution in [3.8, 4) is 0 Å². The van der Waals surface area contributed by atoms with E-state index in [-0.39, 0.29) is 29.9 Å². The van der Waals surface area contributed by atoms with E-state index in [9.17, 15) is 13.9 Å². The molecule has 0 fully saturated rings. The van der Waals surface area contributed by atoms with E-state index < -0.39 is 6.10 Å². The zero-order valence-corrected chi connectivity index (χ0v) is 18.2. The van der Waals surface area contributed by atoms with Crippen molar-refractivity contribution < 1.29 is 23.5 Å². The van der Waals surface area contributed by atoms with Crippen LogP contribution in [0.15, 0.2) is 53.7 Å². The highest BCUT2D eigenvalue weighted by atomic mass is 19.1. The Labute approximate surface area is 182 Å². The van der Waals surface area contributed by atoms with Gasteiger partial charge < -0.3 is 14.7 Å². The zero-order valence-electron chi connectivity index (χ0n) is 18.2. The highest BCUT2D eigenvalue weighted by molar-refractivity contribution is 6.01. The van der Waals surface area contributed by atoms with Crippen LogP contribution in [0.1, 0.15) is 38.3 Å². The molecule has 2 atom stereocenters.